The van der Waals surface area contributed by atoms with E-state index in [1.165, 1.54) is 16.5 Å². The number of benzene rings is 2. The van der Waals surface area contributed by atoms with Crippen molar-refractivity contribution in [3.8, 4) is 5.75 Å². The molecule has 6 nitrogen and oxygen atoms in total. The number of aromatic nitrogens is 2. The molecule has 0 radical (unpaired) electrons. The number of pyridine rings is 1. The van der Waals surface area contributed by atoms with Crippen molar-refractivity contribution in [1.82, 2.24) is 14.5 Å². The minimum atomic E-state index is -0.0328. The zero-order valence-corrected chi connectivity index (χ0v) is 16.5. The topological polar surface area (TPSA) is 84.4 Å². The second-order valence-electron chi connectivity index (χ2n) is 7.64. The maximum absolute atomic E-state index is 13.1. The Balaban J connectivity index is 1.53. The Morgan fingerprint density at radius 2 is 1.87 bits per heavy atom. The predicted octanol–water partition coefficient (Wildman–Crippen LogP) is 3.57. The molecule has 6 heteroatoms. The molecule has 0 spiro atoms. The summed E-state index contributed by atoms with van der Waals surface area (Å²) in [5.41, 5.74) is 10.9. The van der Waals surface area contributed by atoms with E-state index in [4.69, 9.17) is 5.73 Å². The smallest absolute Gasteiger partial charge is 0.255 e. The zero-order chi connectivity index (χ0) is 20.7. The lowest BCUT2D eigenvalue weighted by atomic mass is 10.0. The summed E-state index contributed by atoms with van der Waals surface area (Å²) in [6, 6.07) is 19.1. The number of hydrogen-bond donors (Lipinski definition) is 2. The van der Waals surface area contributed by atoms with Crippen LogP contribution >= 0.6 is 0 Å². The molecule has 2 aromatic carbocycles. The van der Waals surface area contributed by atoms with Crippen molar-refractivity contribution in [2.45, 2.75) is 19.5 Å². The number of anilines is 1. The van der Waals surface area contributed by atoms with Gasteiger partial charge in [-0.2, -0.15) is 0 Å². The summed E-state index contributed by atoms with van der Waals surface area (Å²) < 4.78 is 2.29. The minimum absolute atomic E-state index is 0.0328. The Bertz CT molecular complexity index is 1230. The molecular weight excluding hydrogens is 376 g/mol. The maximum atomic E-state index is 13.1. The number of amides is 1. The van der Waals surface area contributed by atoms with Crippen LogP contribution in [0.25, 0.3) is 10.9 Å². The number of fused-ring (bicyclic) bond motifs is 3. The molecule has 2 aromatic heterocycles. The Hall–Kier alpha value is -3.80. The van der Waals surface area contributed by atoms with Crippen molar-refractivity contribution in [2.24, 2.45) is 0 Å². The molecule has 1 aliphatic rings. The van der Waals surface area contributed by atoms with Crippen molar-refractivity contribution in [3.63, 3.8) is 0 Å². The van der Waals surface area contributed by atoms with Crippen LogP contribution in [0.2, 0.25) is 0 Å². The number of hydrogen-bond acceptors (Lipinski definition) is 4. The van der Waals surface area contributed by atoms with Gasteiger partial charge in [-0.15, -0.1) is 0 Å². The number of aromatic hydroxyl groups is 1. The summed E-state index contributed by atoms with van der Waals surface area (Å²) in [5.74, 6) is 0.628. The SMILES string of the molecule is Nc1ccc(C(=O)N2CCc3c(n(Cc4ccc(O)cc4)c4ccccc34)C2)cn1. The second-order valence-corrected chi connectivity index (χ2v) is 7.64. The van der Waals surface area contributed by atoms with Crippen molar-refractivity contribution in [3.05, 3.63) is 89.2 Å². The van der Waals surface area contributed by atoms with Gasteiger partial charge < -0.3 is 20.3 Å². The molecule has 30 heavy (non-hydrogen) atoms. The van der Waals surface area contributed by atoms with Crippen LogP contribution in [-0.2, 0) is 19.5 Å². The van der Waals surface area contributed by atoms with Crippen LogP contribution in [0.3, 0.4) is 0 Å². The number of carbonyl (C=O) groups is 1. The average molecular weight is 398 g/mol. The first-order valence-electron chi connectivity index (χ1n) is 9.98. The lowest BCUT2D eigenvalue weighted by Crippen LogP contribution is -2.36. The highest BCUT2D eigenvalue weighted by molar-refractivity contribution is 5.94. The largest absolute Gasteiger partial charge is 0.508 e. The lowest BCUT2D eigenvalue weighted by molar-refractivity contribution is 0.0730. The van der Waals surface area contributed by atoms with Gasteiger partial charge in [0.1, 0.15) is 11.6 Å². The number of nitrogens with zero attached hydrogens (tertiary/aromatic N) is 3. The summed E-state index contributed by atoms with van der Waals surface area (Å²) in [4.78, 5) is 19.0. The highest BCUT2D eigenvalue weighted by atomic mass is 16.3. The van der Waals surface area contributed by atoms with Gasteiger partial charge in [0.25, 0.3) is 5.91 Å². The number of rotatable bonds is 3. The van der Waals surface area contributed by atoms with Gasteiger partial charge in [-0.05, 0) is 47.9 Å². The fourth-order valence-corrected chi connectivity index (χ4v) is 4.25. The Morgan fingerprint density at radius 3 is 2.63 bits per heavy atom. The van der Waals surface area contributed by atoms with Crippen molar-refractivity contribution >= 4 is 22.6 Å². The van der Waals surface area contributed by atoms with E-state index in [0.29, 0.717) is 31.0 Å². The molecular formula is C24H22N4O2. The van der Waals surface area contributed by atoms with Crippen molar-refractivity contribution in [1.29, 1.82) is 0 Å². The van der Waals surface area contributed by atoms with Gasteiger partial charge in [-0.3, -0.25) is 4.79 Å². The molecule has 0 saturated carbocycles. The zero-order valence-electron chi connectivity index (χ0n) is 16.5. The van der Waals surface area contributed by atoms with Gasteiger partial charge >= 0.3 is 0 Å². The number of nitrogen functional groups attached to an aromatic ring is 1. The molecule has 0 fully saturated rings. The maximum Gasteiger partial charge on any atom is 0.255 e. The molecule has 150 valence electrons. The number of nitrogens with two attached hydrogens (primary N) is 1. The molecule has 0 saturated heterocycles. The van der Waals surface area contributed by atoms with E-state index in [0.717, 1.165) is 17.7 Å². The van der Waals surface area contributed by atoms with Gasteiger partial charge in [0.2, 0.25) is 0 Å². The highest BCUT2D eigenvalue weighted by Crippen LogP contribution is 2.32. The van der Waals surface area contributed by atoms with E-state index in [9.17, 15) is 9.90 Å². The monoisotopic (exact) mass is 398 g/mol. The van der Waals surface area contributed by atoms with E-state index >= 15 is 0 Å². The standard InChI is InChI=1S/C24H22N4O2/c25-23-10-7-17(13-26-23)24(30)27-12-11-20-19-3-1-2-4-21(19)28(22(20)15-27)14-16-5-8-18(29)9-6-16/h1-10,13,29H,11-12,14-15H2,(H2,25,26). The van der Waals surface area contributed by atoms with Gasteiger partial charge in [0.15, 0.2) is 0 Å². The van der Waals surface area contributed by atoms with Gasteiger partial charge in [-0.1, -0.05) is 30.3 Å². The van der Waals surface area contributed by atoms with Crippen LogP contribution in [0, 0.1) is 0 Å². The van der Waals surface area contributed by atoms with Gasteiger partial charge in [0, 0.05) is 35.9 Å². The molecule has 5 rings (SSSR count). The third-order valence-corrected chi connectivity index (χ3v) is 5.76. The summed E-state index contributed by atoms with van der Waals surface area (Å²) >= 11 is 0. The lowest BCUT2D eigenvalue weighted by Gasteiger charge is -2.28. The molecule has 0 aliphatic carbocycles. The third kappa shape index (κ3) is 3.16. The molecule has 3 heterocycles. The molecule has 3 N–H and O–H groups in total. The van der Waals surface area contributed by atoms with Crippen LogP contribution in [0.1, 0.15) is 27.2 Å². The van der Waals surface area contributed by atoms with Gasteiger partial charge in [-0.25, -0.2) is 4.98 Å². The van der Waals surface area contributed by atoms with Gasteiger partial charge in [0.05, 0.1) is 12.1 Å². The number of phenolic OH excluding ortho intramolecular Hbond substituents is 1. The Kier molecular flexibility index (Phi) is 4.39. The van der Waals surface area contributed by atoms with Crippen molar-refractivity contribution in [2.75, 3.05) is 12.3 Å². The third-order valence-electron chi connectivity index (χ3n) is 5.76. The normalized spacial score (nSPS) is 13.4. The number of para-hydroxylation sites is 1. The second kappa shape index (κ2) is 7.22. The molecule has 4 aromatic rings. The van der Waals surface area contributed by atoms with Crippen LogP contribution in [0.5, 0.6) is 5.75 Å². The van der Waals surface area contributed by atoms with E-state index in [2.05, 4.69) is 27.8 Å². The summed E-state index contributed by atoms with van der Waals surface area (Å²) in [7, 11) is 0. The van der Waals surface area contributed by atoms with E-state index in [1.807, 2.05) is 23.1 Å². The fourth-order valence-electron chi connectivity index (χ4n) is 4.25. The molecule has 0 bridgehead atoms. The van der Waals surface area contributed by atoms with E-state index in [1.54, 1.807) is 30.5 Å². The summed E-state index contributed by atoms with van der Waals surface area (Å²) in [6.07, 6.45) is 2.35. The van der Waals surface area contributed by atoms with Crippen LogP contribution in [-0.4, -0.2) is 32.0 Å². The quantitative estimate of drug-likeness (QED) is 0.553. The summed E-state index contributed by atoms with van der Waals surface area (Å²) in [6.45, 7) is 1.90. The Morgan fingerprint density at radius 1 is 1.07 bits per heavy atom. The molecule has 1 amide bonds. The first-order valence-corrected chi connectivity index (χ1v) is 9.98. The number of phenols is 1. The van der Waals surface area contributed by atoms with Crippen LogP contribution < -0.4 is 5.73 Å². The van der Waals surface area contributed by atoms with Crippen LogP contribution in [0.4, 0.5) is 5.82 Å². The molecule has 1 aliphatic heterocycles. The first-order chi connectivity index (χ1) is 14.6. The molecule has 0 atom stereocenters. The predicted molar refractivity (Wildman–Crippen MR) is 116 cm³/mol. The van der Waals surface area contributed by atoms with Crippen molar-refractivity contribution < 1.29 is 9.90 Å². The first kappa shape index (κ1) is 18.2. The van der Waals surface area contributed by atoms with Crippen LogP contribution in [0.15, 0.2) is 66.9 Å². The summed E-state index contributed by atoms with van der Waals surface area (Å²) in [5, 5.41) is 10.8. The van der Waals surface area contributed by atoms with E-state index in [-0.39, 0.29) is 11.7 Å². The average Bonchev–Trinajstić information content (AvgIpc) is 3.08. The minimum Gasteiger partial charge on any atom is -0.508 e. The van der Waals surface area contributed by atoms with E-state index < -0.39 is 0 Å². The molecule has 0 unspecified atom stereocenters. The highest BCUT2D eigenvalue weighted by Gasteiger charge is 2.27. The number of carbonyl (C=O) groups excluding carboxylic acids is 1. The fraction of sp³-hybridized carbons (Fsp3) is 0.167. The Labute approximate surface area is 174 Å².